The van der Waals surface area contributed by atoms with E-state index in [0.717, 1.165) is 33.6 Å². The fraction of sp³-hybridized carbons (Fsp3) is 0.167. The first-order chi connectivity index (χ1) is 15.0. The maximum Gasteiger partial charge on any atom is 0.234 e. The number of hydrogen-bond acceptors (Lipinski definition) is 5. The van der Waals surface area contributed by atoms with Crippen molar-refractivity contribution in [3.05, 3.63) is 83.7 Å². The van der Waals surface area contributed by atoms with Crippen molar-refractivity contribution in [1.82, 2.24) is 19.7 Å². The maximum absolute atomic E-state index is 12.6. The second-order valence-corrected chi connectivity index (χ2v) is 8.26. The molecule has 31 heavy (non-hydrogen) atoms. The minimum absolute atomic E-state index is 0.0801. The van der Waals surface area contributed by atoms with Crippen LogP contribution >= 0.6 is 11.8 Å². The summed E-state index contributed by atoms with van der Waals surface area (Å²) in [4.78, 5) is 16.7. The van der Waals surface area contributed by atoms with Crippen LogP contribution in [0.25, 0.3) is 17.1 Å². The van der Waals surface area contributed by atoms with E-state index in [1.807, 2.05) is 79.9 Å². The van der Waals surface area contributed by atoms with E-state index >= 15 is 0 Å². The highest BCUT2D eigenvalue weighted by molar-refractivity contribution is 7.99. The van der Waals surface area contributed by atoms with E-state index in [4.69, 9.17) is 0 Å². The molecule has 0 radical (unpaired) electrons. The average Bonchev–Trinajstić information content (AvgIpc) is 3.19. The van der Waals surface area contributed by atoms with Gasteiger partial charge in [0.15, 0.2) is 11.0 Å². The van der Waals surface area contributed by atoms with Gasteiger partial charge in [0.05, 0.1) is 11.4 Å². The molecular weight excluding hydrogens is 406 g/mol. The normalized spacial score (nSPS) is 10.8. The standard InChI is InChI=1S/C24H23N5OS/c1-16-8-9-17(2)20(14-16)26-22(30)15-31-24-28-27-23(19-10-12-25-13-11-19)29(24)21-7-5-4-6-18(21)3/h4-14H,15H2,1-3H3,(H,26,30). The summed E-state index contributed by atoms with van der Waals surface area (Å²) in [6.45, 7) is 6.04. The van der Waals surface area contributed by atoms with Gasteiger partial charge in [-0.1, -0.05) is 42.1 Å². The highest BCUT2D eigenvalue weighted by Gasteiger charge is 2.18. The summed E-state index contributed by atoms with van der Waals surface area (Å²) in [6.07, 6.45) is 3.47. The molecule has 156 valence electrons. The lowest BCUT2D eigenvalue weighted by molar-refractivity contribution is -0.113. The molecule has 0 saturated carbocycles. The van der Waals surface area contributed by atoms with Crippen molar-refractivity contribution in [2.75, 3.05) is 11.1 Å². The number of aryl methyl sites for hydroxylation is 3. The molecule has 4 rings (SSSR count). The van der Waals surface area contributed by atoms with Crippen molar-refractivity contribution in [2.45, 2.75) is 25.9 Å². The van der Waals surface area contributed by atoms with Gasteiger partial charge in [-0.25, -0.2) is 0 Å². The van der Waals surface area contributed by atoms with Crippen LogP contribution in [0.5, 0.6) is 0 Å². The fourth-order valence-electron chi connectivity index (χ4n) is 3.27. The Morgan fingerprint density at radius 1 is 0.968 bits per heavy atom. The van der Waals surface area contributed by atoms with E-state index in [1.54, 1.807) is 12.4 Å². The molecule has 2 aromatic carbocycles. The average molecular weight is 430 g/mol. The van der Waals surface area contributed by atoms with Crippen molar-refractivity contribution in [2.24, 2.45) is 0 Å². The Morgan fingerprint density at radius 2 is 1.74 bits per heavy atom. The summed E-state index contributed by atoms with van der Waals surface area (Å²) in [5.41, 5.74) is 5.97. The summed E-state index contributed by atoms with van der Waals surface area (Å²) in [7, 11) is 0. The van der Waals surface area contributed by atoms with E-state index in [-0.39, 0.29) is 11.7 Å². The molecule has 0 unspecified atom stereocenters. The molecule has 1 amide bonds. The number of para-hydroxylation sites is 1. The maximum atomic E-state index is 12.6. The number of carbonyl (C=O) groups is 1. The summed E-state index contributed by atoms with van der Waals surface area (Å²) in [5.74, 6) is 0.867. The molecule has 2 aromatic heterocycles. The second kappa shape index (κ2) is 9.14. The number of thioether (sulfide) groups is 1. The molecule has 7 heteroatoms. The first kappa shape index (κ1) is 20.8. The highest BCUT2D eigenvalue weighted by atomic mass is 32.2. The van der Waals surface area contributed by atoms with Crippen LogP contribution in [0, 0.1) is 20.8 Å². The molecular formula is C24H23N5OS. The number of benzene rings is 2. The topological polar surface area (TPSA) is 72.7 Å². The summed E-state index contributed by atoms with van der Waals surface area (Å²) in [5, 5.41) is 12.5. The Hall–Kier alpha value is -3.45. The van der Waals surface area contributed by atoms with Gasteiger partial charge in [0.25, 0.3) is 0 Å². The zero-order valence-electron chi connectivity index (χ0n) is 17.7. The first-order valence-electron chi connectivity index (χ1n) is 9.94. The van der Waals surface area contributed by atoms with Gasteiger partial charge in [-0.3, -0.25) is 14.3 Å². The number of carbonyl (C=O) groups excluding carboxylic acids is 1. The second-order valence-electron chi connectivity index (χ2n) is 7.32. The van der Waals surface area contributed by atoms with Gasteiger partial charge >= 0.3 is 0 Å². The van der Waals surface area contributed by atoms with Crippen LogP contribution in [0.2, 0.25) is 0 Å². The predicted octanol–water partition coefficient (Wildman–Crippen LogP) is 4.99. The third-order valence-corrected chi connectivity index (χ3v) is 5.86. The zero-order valence-corrected chi connectivity index (χ0v) is 18.5. The molecule has 0 aliphatic rings. The van der Waals surface area contributed by atoms with Gasteiger partial charge in [0, 0.05) is 23.6 Å². The quantitative estimate of drug-likeness (QED) is 0.437. The zero-order chi connectivity index (χ0) is 21.8. The van der Waals surface area contributed by atoms with E-state index in [1.165, 1.54) is 11.8 Å². The predicted molar refractivity (Wildman–Crippen MR) is 125 cm³/mol. The van der Waals surface area contributed by atoms with Crippen LogP contribution < -0.4 is 5.32 Å². The van der Waals surface area contributed by atoms with Gasteiger partial charge in [0.1, 0.15) is 0 Å². The Bertz CT molecular complexity index is 1220. The molecule has 0 aliphatic heterocycles. The number of anilines is 1. The summed E-state index contributed by atoms with van der Waals surface area (Å²) < 4.78 is 2.00. The lowest BCUT2D eigenvalue weighted by Crippen LogP contribution is -2.15. The number of aromatic nitrogens is 4. The van der Waals surface area contributed by atoms with Crippen molar-refractivity contribution >= 4 is 23.4 Å². The van der Waals surface area contributed by atoms with Crippen molar-refractivity contribution < 1.29 is 4.79 Å². The first-order valence-corrected chi connectivity index (χ1v) is 10.9. The summed E-state index contributed by atoms with van der Waals surface area (Å²) >= 11 is 1.37. The van der Waals surface area contributed by atoms with E-state index in [2.05, 4.69) is 20.5 Å². The monoisotopic (exact) mass is 429 g/mol. The summed E-state index contributed by atoms with van der Waals surface area (Å²) in [6, 6.07) is 17.9. The van der Waals surface area contributed by atoms with Crippen LogP contribution in [-0.2, 0) is 4.79 Å². The van der Waals surface area contributed by atoms with Crippen LogP contribution in [0.1, 0.15) is 16.7 Å². The van der Waals surface area contributed by atoms with Gasteiger partial charge in [0.2, 0.25) is 5.91 Å². The minimum Gasteiger partial charge on any atom is -0.325 e. The lowest BCUT2D eigenvalue weighted by atomic mass is 10.1. The van der Waals surface area contributed by atoms with E-state index < -0.39 is 0 Å². The number of hydrogen-bond donors (Lipinski definition) is 1. The van der Waals surface area contributed by atoms with Crippen LogP contribution in [0.4, 0.5) is 5.69 Å². The molecule has 0 bridgehead atoms. The molecule has 6 nitrogen and oxygen atoms in total. The largest absolute Gasteiger partial charge is 0.325 e. The van der Waals surface area contributed by atoms with Crippen molar-refractivity contribution in [3.63, 3.8) is 0 Å². The molecule has 0 fully saturated rings. The lowest BCUT2D eigenvalue weighted by Gasteiger charge is -2.13. The number of nitrogens with zero attached hydrogens (tertiary/aromatic N) is 4. The Labute approximate surface area is 185 Å². The molecule has 4 aromatic rings. The van der Waals surface area contributed by atoms with Crippen molar-refractivity contribution in [1.29, 1.82) is 0 Å². The Kier molecular flexibility index (Phi) is 6.13. The number of pyridine rings is 1. The Balaban J connectivity index is 1.61. The number of amides is 1. The highest BCUT2D eigenvalue weighted by Crippen LogP contribution is 2.29. The molecule has 0 aliphatic carbocycles. The molecule has 1 N–H and O–H groups in total. The number of rotatable bonds is 6. The van der Waals surface area contributed by atoms with E-state index in [9.17, 15) is 4.79 Å². The van der Waals surface area contributed by atoms with Crippen LogP contribution in [0.15, 0.2) is 72.1 Å². The smallest absolute Gasteiger partial charge is 0.234 e. The van der Waals surface area contributed by atoms with Gasteiger partial charge < -0.3 is 5.32 Å². The van der Waals surface area contributed by atoms with Gasteiger partial charge in [-0.2, -0.15) is 0 Å². The molecule has 2 heterocycles. The third-order valence-electron chi connectivity index (χ3n) is 4.93. The third kappa shape index (κ3) is 4.67. The van der Waals surface area contributed by atoms with Crippen molar-refractivity contribution in [3.8, 4) is 17.1 Å². The van der Waals surface area contributed by atoms with E-state index in [0.29, 0.717) is 11.0 Å². The molecule has 0 saturated heterocycles. The number of nitrogens with one attached hydrogen (secondary N) is 1. The molecule has 0 atom stereocenters. The SMILES string of the molecule is Cc1ccc(C)c(NC(=O)CSc2nnc(-c3ccncc3)n2-c2ccccc2C)c1. The molecule has 0 spiro atoms. The van der Waals surface area contributed by atoms with Crippen LogP contribution in [0.3, 0.4) is 0 Å². The van der Waals surface area contributed by atoms with Gasteiger partial charge in [-0.15, -0.1) is 10.2 Å². The Morgan fingerprint density at radius 3 is 2.52 bits per heavy atom. The minimum atomic E-state index is -0.0801. The fourth-order valence-corrected chi connectivity index (χ4v) is 4.01. The van der Waals surface area contributed by atoms with Gasteiger partial charge in [-0.05, 0) is 61.7 Å². The van der Waals surface area contributed by atoms with Crippen LogP contribution in [-0.4, -0.2) is 31.4 Å².